The summed E-state index contributed by atoms with van der Waals surface area (Å²) in [5.74, 6) is 0. The Hall–Kier alpha value is -0.120. The molecule has 1 aromatic rings. The van der Waals surface area contributed by atoms with Crippen molar-refractivity contribution >= 4 is 22.9 Å². The zero-order valence-corrected chi connectivity index (χ0v) is 9.66. The lowest BCUT2D eigenvalue weighted by Crippen LogP contribution is -2.18. The standard InChI is InChI=1S/C9H15ClN2S/c1-3-4-5-12(2)7-8-6-11-9(10)13-8/h6H,3-5,7H2,1-2H3. The van der Waals surface area contributed by atoms with Gasteiger partial charge in [0.1, 0.15) is 0 Å². The minimum Gasteiger partial charge on any atom is -0.301 e. The van der Waals surface area contributed by atoms with Crippen LogP contribution in [0.25, 0.3) is 0 Å². The average molecular weight is 219 g/mol. The van der Waals surface area contributed by atoms with Gasteiger partial charge in [-0.3, -0.25) is 0 Å². The molecule has 0 bridgehead atoms. The Labute approximate surface area is 88.5 Å². The zero-order chi connectivity index (χ0) is 9.68. The molecule has 0 saturated carbocycles. The number of rotatable bonds is 5. The molecule has 0 spiro atoms. The van der Waals surface area contributed by atoms with E-state index in [2.05, 4.69) is 23.9 Å². The van der Waals surface area contributed by atoms with Crippen LogP contribution in [0, 0.1) is 0 Å². The van der Waals surface area contributed by atoms with E-state index < -0.39 is 0 Å². The molecule has 13 heavy (non-hydrogen) atoms. The average Bonchev–Trinajstić information content (AvgIpc) is 2.48. The topological polar surface area (TPSA) is 16.1 Å². The Morgan fingerprint density at radius 2 is 2.38 bits per heavy atom. The van der Waals surface area contributed by atoms with Crippen molar-refractivity contribution in [1.29, 1.82) is 0 Å². The van der Waals surface area contributed by atoms with Gasteiger partial charge in [0.05, 0.1) is 0 Å². The van der Waals surface area contributed by atoms with Gasteiger partial charge >= 0.3 is 0 Å². The predicted molar refractivity (Wildman–Crippen MR) is 58.4 cm³/mol. The third-order valence-corrected chi connectivity index (χ3v) is 2.94. The first-order chi connectivity index (χ1) is 6.22. The van der Waals surface area contributed by atoms with E-state index in [4.69, 9.17) is 11.6 Å². The molecule has 74 valence electrons. The minimum atomic E-state index is 0.638. The summed E-state index contributed by atoms with van der Waals surface area (Å²) in [5, 5.41) is 0. The highest BCUT2D eigenvalue weighted by Gasteiger charge is 2.02. The Morgan fingerprint density at radius 3 is 2.92 bits per heavy atom. The van der Waals surface area contributed by atoms with Crippen LogP contribution in [0.3, 0.4) is 0 Å². The lowest BCUT2D eigenvalue weighted by Gasteiger charge is -2.13. The smallest absolute Gasteiger partial charge is 0.183 e. The number of hydrogen-bond acceptors (Lipinski definition) is 3. The molecule has 0 aromatic carbocycles. The fourth-order valence-corrected chi connectivity index (χ4v) is 2.19. The van der Waals surface area contributed by atoms with E-state index in [1.54, 1.807) is 11.3 Å². The van der Waals surface area contributed by atoms with Gasteiger partial charge in [-0.15, -0.1) is 11.3 Å². The van der Waals surface area contributed by atoms with E-state index in [1.165, 1.54) is 17.7 Å². The molecular weight excluding hydrogens is 204 g/mol. The van der Waals surface area contributed by atoms with Crippen molar-refractivity contribution in [2.75, 3.05) is 13.6 Å². The third-order valence-electron chi connectivity index (χ3n) is 1.84. The Kier molecular flexibility index (Phi) is 4.70. The molecule has 0 radical (unpaired) electrons. The van der Waals surface area contributed by atoms with Crippen molar-refractivity contribution in [1.82, 2.24) is 9.88 Å². The van der Waals surface area contributed by atoms with E-state index in [0.29, 0.717) is 4.47 Å². The van der Waals surface area contributed by atoms with Crippen LogP contribution in [0.5, 0.6) is 0 Å². The molecule has 0 saturated heterocycles. The molecule has 0 fully saturated rings. The number of nitrogens with zero attached hydrogens (tertiary/aromatic N) is 2. The van der Waals surface area contributed by atoms with Gasteiger partial charge in [-0.25, -0.2) is 4.98 Å². The summed E-state index contributed by atoms with van der Waals surface area (Å²) in [6, 6.07) is 0. The van der Waals surface area contributed by atoms with Gasteiger partial charge in [0, 0.05) is 17.6 Å². The second-order valence-electron chi connectivity index (χ2n) is 3.17. The summed E-state index contributed by atoms with van der Waals surface area (Å²) < 4.78 is 0.638. The van der Waals surface area contributed by atoms with Crippen molar-refractivity contribution in [2.45, 2.75) is 26.3 Å². The van der Waals surface area contributed by atoms with Crippen LogP contribution < -0.4 is 0 Å². The Balaban J connectivity index is 2.31. The molecule has 0 aliphatic rings. The Bertz CT molecular complexity index is 250. The first kappa shape index (κ1) is 11.0. The highest BCUT2D eigenvalue weighted by molar-refractivity contribution is 7.15. The van der Waals surface area contributed by atoms with E-state index in [0.717, 1.165) is 13.1 Å². The monoisotopic (exact) mass is 218 g/mol. The molecular formula is C9H15ClN2S. The summed E-state index contributed by atoms with van der Waals surface area (Å²) in [6.07, 6.45) is 4.35. The van der Waals surface area contributed by atoms with E-state index >= 15 is 0 Å². The third kappa shape index (κ3) is 4.07. The van der Waals surface area contributed by atoms with Crippen LogP contribution >= 0.6 is 22.9 Å². The predicted octanol–water partition coefficient (Wildman–Crippen LogP) is 3.03. The number of halogens is 1. The first-order valence-corrected chi connectivity index (χ1v) is 5.70. The summed E-state index contributed by atoms with van der Waals surface area (Å²) in [4.78, 5) is 7.55. The van der Waals surface area contributed by atoms with E-state index in [-0.39, 0.29) is 0 Å². The molecule has 4 heteroatoms. The molecule has 0 aliphatic carbocycles. The van der Waals surface area contributed by atoms with Crippen molar-refractivity contribution < 1.29 is 0 Å². The van der Waals surface area contributed by atoms with Crippen LogP contribution in [0.1, 0.15) is 24.6 Å². The van der Waals surface area contributed by atoms with Gasteiger partial charge in [0.15, 0.2) is 4.47 Å². The lowest BCUT2D eigenvalue weighted by atomic mass is 10.3. The molecule has 2 nitrogen and oxygen atoms in total. The molecule has 1 rings (SSSR count). The molecule has 0 aliphatic heterocycles. The molecule has 1 aromatic heterocycles. The fourth-order valence-electron chi connectivity index (χ4n) is 1.13. The van der Waals surface area contributed by atoms with Gasteiger partial charge in [-0.1, -0.05) is 24.9 Å². The van der Waals surface area contributed by atoms with Crippen LogP contribution in [0.2, 0.25) is 4.47 Å². The second-order valence-corrected chi connectivity index (χ2v) is 4.87. The molecule has 0 atom stereocenters. The van der Waals surface area contributed by atoms with Crippen molar-refractivity contribution in [3.05, 3.63) is 15.5 Å². The highest BCUT2D eigenvalue weighted by atomic mass is 35.5. The van der Waals surface area contributed by atoms with Crippen molar-refractivity contribution in [3.63, 3.8) is 0 Å². The first-order valence-electron chi connectivity index (χ1n) is 4.51. The van der Waals surface area contributed by atoms with Gasteiger partial charge in [0.25, 0.3) is 0 Å². The number of thiazole rings is 1. The zero-order valence-electron chi connectivity index (χ0n) is 8.09. The SMILES string of the molecule is CCCCN(C)Cc1cnc(Cl)s1. The molecule has 0 amide bonds. The summed E-state index contributed by atoms with van der Waals surface area (Å²) in [6.45, 7) is 4.31. The van der Waals surface area contributed by atoms with Crippen LogP contribution in [0.4, 0.5) is 0 Å². The van der Waals surface area contributed by atoms with Gasteiger partial charge in [-0.2, -0.15) is 0 Å². The van der Waals surface area contributed by atoms with E-state index in [9.17, 15) is 0 Å². The minimum absolute atomic E-state index is 0.638. The maximum Gasteiger partial charge on any atom is 0.183 e. The van der Waals surface area contributed by atoms with Crippen LogP contribution in [-0.4, -0.2) is 23.5 Å². The summed E-state index contributed by atoms with van der Waals surface area (Å²) in [5.41, 5.74) is 0. The number of aromatic nitrogens is 1. The Morgan fingerprint density at radius 1 is 1.62 bits per heavy atom. The number of unbranched alkanes of at least 4 members (excludes halogenated alkanes) is 1. The normalized spacial score (nSPS) is 11.1. The lowest BCUT2D eigenvalue weighted by molar-refractivity contribution is 0.323. The second kappa shape index (κ2) is 5.58. The maximum absolute atomic E-state index is 5.74. The van der Waals surface area contributed by atoms with Crippen molar-refractivity contribution in [3.8, 4) is 0 Å². The largest absolute Gasteiger partial charge is 0.301 e. The summed E-state index contributed by atoms with van der Waals surface area (Å²) >= 11 is 7.30. The summed E-state index contributed by atoms with van der Waals surface area (Å²) in [7, 11) is 2.13. The van der Waals surface area contributed by atoms with Crippen LogP contribution in [-0.2, 0) is 6.54 Å². The molecule has 1 heterocycles. The molecule has 0 unspecified atom stereocenters. The molecule has 0 N–H and O–H groups in total. The quantitative estimate of drug-likeness (QED) is 0.756. The number of hydrogen-bond donors (Lipinski definition) is 0. The van der Waals surface area contributed by atoms with Gasteiger partial charge < -0.3 is 4.90 Å². The fraction of sp³-hybridized carbons (Fsp3) is 0.667. The highest BCUT2D eigenvalue weighted by Crippen LogP contribution is 2.18. The van der Waals surface area contributed by atoms with Gasteiger partial charge in [0.2, 0.25) is 0 Å². The van der Waals surface area contributed by atoms with E-state index in [1.807, 2.05) is 6.20 Å². The van der Waals surface area contributed by atoms with Gasteiger partial charge in [-0.05, 0) is 20.0 Å². The van der Waals surface area contributed by atoms with Crippen LogP contribution in [0.15, 0.2) is 6.20 Å². The van der Waals surface area contributed by atoms with Crippen molar-refractivity contribution in [2.24, 2.45) is 0 Å². The maximum atomic E-state index is 5.74.